The third-order valence-electron chi connectivity index (χ3n) is 6.16. The summed E-state index contributed by atoms with van der Waals surface area (Å²) in [6.07, 6.45) is -0.103. The molecule has 3 aromatic rings. The van der Waals surface area contributed by atoms with Crippen LogP contribution in [0.3, 0.4) is 0 Å². The molecule has 1 unspecified atom stereocenters. The van der Waals surface area contributed by atoms with Crippen LogP contribution in [0.5, 0.6) is 5.75 Å². The van der Waals surface area contributed by atoms with Crippen molar-refractivity contribution in [3.8, 4) is 5.75 Å². The summed E-state index contributed by atoms with van der Waals surface area (Å²) in [7, 11) is 1.28. The highest BCUT2D eigenvalue weighted by molar-refractivity contribution is 6.09. The minimum atomic E-state index is -0.733. The van der Waals surface area contributed by atoms with Crippen molar-refractivity contribution in [1.82, 2.24) is 10.2 Å². The fraction of sp³-hybridized carbons (Fsp3) is 0.269. The molecule has 1 aliphatic heterocycles. The Morgan fingerprint density at radius 2 is 1.91 bits per heavy atom. The van der Waals surface area contributed by atoms with E-state index in [9.17, 15) is 19.5 Å². The highest BCUT2D eigenvalue weighted by atomic mass is 16.5. The van der Waals surface area contributed by atoms with Crippen LogP contribution in [0, 0.1) is 6.92 Å². The third-order valence-corrected chi connectivity index (χ3v) is 6.16. The van der Waals surface area contributed by atoms with Crippen molar-refractivity contribution in [3.63, 3.8) is 0 Å². The Balaban J connectivity index is 1.72. The summed E-state index contributed by atoms with van der Waals surface area (Å²) in [4.78, 5) is 39.4. The molecule has 34 heavy (non-hydrogen) atoms. The summed E-state index contributed by atoms with van der Waals surface area (Å²) in [6, 6.07) is 15.8. The van der Waals surface area contributed by atoms with Crippen LogP contribution in [0.15, 0.2) is 54.6 Å². The first kappa shape index (κ1) is 23.3. The molecule has 3 aromatic carbocycles. The second-order valence-electron chi connectivity index (χ2n) is 8.30. The van der Waals surface area contributed by atoms with Gasteiger partial charge in [0, 0.05) is 30.9 Å². The molecule has 1 fully saturated rings. The first-order valence-corrected chi connectivity index (χ1v) is 11.1. The van der Waals surface area contributed by atoms with Crippen LogP contribution in [-0.4, -0.2) is 54.0 Å². The van der Waals surface area contributed by atoms with Gasteiger partial charge >= 0.3 is 5.97 Å². The Morgan fingerprint density at radius 3 is 2.68 bits per heavy atom. The van der Waals surface area contributed by atoms with E-state index in [1.54, 1.807) is 12.1 Å². The van der Waals surface area contributed by atoms with E-state index in [0.29, 0.717) is 24.3 Å². The molecule has 1 saturated heterocycles. The van der Waals surface area contributed by atoms with Gasteiger partial charge in [0.2, 0.25) is 5.91 Å². The average Bonchev–Trinajstić information content (AvgIpc) is 2.83. The average molecular weight is 462 g/mol. The van der Waals surface area contributed by atoms with Gasteiger partial charge in [-0.2, -0.15) is 0 Å². The van der Waals surface area contributed by atoms with Crippen LogP contribution in [0.4, 0.5) is 5.69 Å². The van der Waals surface area contributed by atoms with E-state index in [-0.39, 0.29) is 30.2 Å². The molecule has 2 amide bonds. The number of benzene rings is 3. The number of ether oxygens (including phenoxy) is 1. The van der Waals surface area contributed by atoms with Crippen molar-refractivity contribution in [1.29, 1.82) is 0 Å². The third kappa shape index (κ3) is 4.72. The lowest BCUT2D eigenvalue weighted by atomic mass is 9.97. The number of phenolic OH excluding ortho intramolecular Hbond substituents is 1. The number of aromatic hydroxyl groups is 1. The van der Waals surface area contributed by atoms with E-state index < -0.39 is 17.9 Å². The number of piperazine rings is 1. The number of esters is 1. The minimum absolute atomic E-state index is 0.103. The summed E-state index contributed by atoms with van der Waals surface area (Å²) >= 11 is 0. The molecule has 1 aliphatic rings. The maximum absolute atomic E-state index is 13.2. The molecule has 8 nitrogen and oxygen atoms in total. The summed E-state index contributed by atoms with van der Waals surface area (Å²) in [6.45, 7) is 2.99. The Hall–Kier alpha value is -3.91. The largest absolute Gasteiger partial charge is 0.507 e. The predicted octanol–water partition coefficient (Wildman–Crippen LogP) is 2.97. The first-order chi connectivity index (χ1) is 16.4. The van der Waals surface area contributed by atoms with Crippen LogP contribution < -0.4 is 10.6 Å². The van der Waals surface area contributed by atoms with Crippen LogP contribution in [0.2, 0.25) is 0 Å². The van der Waals surface area contributed by atoms with Gasteiger partial charge in [0.25, 0.3) is 5.91 Å². The van der Waals surface area contributed by atoms with Crippen molar-refractivity contribution in [2.45, 2.75) is 25.9 Å². The Bertz CT molecular complexity index is 1260. The normalized spacial score (nSPS) is 16.2. The fourth-order valence-corrected chi connectivity index (χ4v) is 4.27. The van der Waals surface area contributed by atoms with Crippen LogP contribution >= 0.6 is 0 Å². The molecule has 4 rings (SSSR count). The lowest BCUT2D eigenvalue weighted by Crippen LogP contribution is -2.55. The number of phenols is 1. The molecule has 8 heteroatoms. The Labute approximate surface area is 197 Å². The maximum atomic E-state index is 13.2. The summed E-state index contributed by atoms with van der Waals surface area (Å²) in [5.74, 6) is -1.34. The quantitative estimate of drug-likeness (QED) is 0.487. The zero-order chi connectivity index (χ0) is 24.2. The number of methoxy groups -OCH3 is 1. The molecule has 0 saturated carbocycles. The number of nitrogens with zero attached hydrogens (tertiary/aromatic N) is 1. The first-order valence-electron chi connectivity index (χ1n) is 11.1. The fourth-order valence-electron chi connectivity index (χ4n) is 4.27. The van der Waals surface area contributed by atoms with E-state index in [1.165, 1.54) is 7.11 Å². The number of fused-ring (bicyclic) bond motifs is 1. The second kappa shape index (κ2) is 9.93. The number of anilines is 1. The van der Waals surface area contributed by atoms with Crippen molar-refractivity contribution in [2.24, 2.45) is 0 Å². The zero-order valence-electron chi connectivity index (χ0n) is 19.1. The number of amides is 2. The molecule has 0 bridgehead atoms. The molecule has 0 aliphatic carbocycles. The van der Waals surface area contributed by atoms with E-state index in [4.69, 9.17) is 4.74 Å². The van der Waals surface area contributed by atoms with Crippen LogP contribution in [0.1, 0.15) is 27.9 Å². The molecule has 176 valence electrons. The number of carbonyl (C=O) groups is 3. The number of hydrogen-bond acceptors (Lipinski definition) is 6. The number of rotatable bonds is 6. The van der Waals surface area contributed by atoms with Crippen molar-refractivity contribution in [2.75, 3.05) is 25.5 Å². The second-order valence-corrected chi connectivity index (χ2v) is 8.30. The summed E-state index contributed by atoms with van der Waals surface area (Å²) < 4.78 is 4.76. The number of aryl methyl sites for hydroxylation is 1. The van der Waals surface area contributed by atoms with Gasteiger partial charge in [0.15, 0.2) is 0 Å². The minimum Gasteiger partial charge on any atom is -0.507 e. The van der Waals surface area contributed by atoms with Gasteiger partial charge in [-0.3, -0.25) is 19.3 Å². The molecular formula is C26H27N3O5. The van der Waals surface area contributed by atoms with Gasteiger partial charge in [-0.05, 0) is 35.4 Å². The molecule has 1 atom stereocenters. The van der Waals surface area contributed by atoms with Gasteiger partial charge < -0.3 is 20.5 Å². The molecule has 0 spiro atoms. The molecule has 1 heterocycles. The smallest absolute Gasteiger partial charge is 0.307 e. The van der Waals surface area contributed by atoms with E-state index in [0.717, 1.165) is 16.3 Å². The Kier molecular flexibility index (Phi) is 6.79. The molecular weight excluding hydrogens is 434 g/mol. The lowest BCUT2D eigenvalue weighted by molar-refractivity contribution is -0.146. The topological polar surface area (TPSA) is 108 Å². The van der Waals surface area contributed by atoms with Crippen molar-refractivity contribution in [3.05, 3.63) is 71.3 Å². The van der Waals surface area contributed by atoms with Gasteiger partial charge in [0.1, 0.15) is 11.8 Å². The number of hydrogen-bond donors (Lipinski definition) is 3. The van der Waals surface area contributed by atoms with Crippen molar-refractivity contribution >= 4 is 34.2 Å². The standard InChI is InChI=1S/C26H27N3O5/c1-16-7-3-6-10-21(16)28-25(32)19-13-17-8-4-5-9-18(17)20(24(19)31)15-29-12-11-27-26(33)22(29)14-23(30)34-2/h3-10,13,22,31H,11-12,14-15H2,1-2H3,(H,27,33)(H,28,32). The van der Waals surface area contributed by atoms with Gasteiger partial charge in [-0.1, -0.05) is 42.5 Å². The zero-order valence-corrected chi connectivity index (χ0v) is 19.1. The van der Waals surface area contributed by atoms with Gasteiger partial charge in [-0.15, -0.1) is 0 Å². The summed E-state index contributed by atoms with van der Waals surface area (Å²) in [5.41, 5.74) is 2.23. The van der Waals surface area contributed by atoms with E-state index in [1.807, 2.05) is 54.3 Å². The van der Waals surface area contributed by atoms with Crippen LogP contribution in [-0.2, 0) is 20.9 Å². The number of carbonyl (C=O) groups excluding carboxylic acids is 3. The summed E-state index contributed by atoms with van der Waals surface area (Å²) in [5, 5.41) is 18.4. The van der Waals surface area contributed by atoms with E-state index >= 15 is 0 Å². The van der Waals surface area contributed by atoms with E-state index in [2.05, 4.69) is 10.6 Å². The molecule has 3 N–H and O–H groups in total. The molecule has 0 radical (unpaired) electrons. The number of nitrogens with one attached hydrogen (secondary N) is 2. The predicted molar refractivity (Wildman–Crippen MR) is 129 cm³/mol. The number of para-hydroxylation sites is 1. The van der Waals surface area contributed by atoms with Gasteiger partial charge in [0.05, 0.1) is 19.1 Å². The lowest BCUT2D eigenvalue weighted by Gasteiger charge is -2.35. The van der Waals surface area contributed by atoms with Crippen LogP contribution in [0.25, 0.3) is 10.8 Å². The Morgan fingerprint density at radius 1 is 1.18 bits per heavy atom. The monoisotopic (exact) mass is 461 g/mol. The van der Waals surface area contributed by atoms with Crippen molar-refractivity contribution < 1.29 is 24.2 Å². The highest BCUT2D eigenvalue weighted by Gasteiger charge is 2.33. The SMILES string of the molecule is COC(=O)CC1C(=O)NCCN1Cc1c(O)c(C(=O)Nc2ccccc2C)cc2ccccc12. The van der Waals surface area contributed by atoms with Gasteiger partial charge in [-0.25, -0.2) is 0 Å². The maximum Gasteiger partial charge on any atom is 0.307 e. The highest BCUT2D eigenvalue weighted by Crippen LogP contribution is 2.34. The molecule has 0 aromatic heterocycles.